The van der Waals surface area contributed by atoms with E-state index in [1.165, 1.54) is 6.07 Å². The number of carbonyl (C=O) groups excluding carboxylic acids is 1. The third kappa shape index (κ3) is 2.82. The lowest BCUT2D eigenvalue weighted by Crippen LogP contribution is -2.20. The first kappa shape index (κ1) is 12.5. The zero-order valence-corrected chi connectivity index (χ0v) is 11.3. The molecule has 0 spiro atoms. The summed E-state index contributed by atoms with van der Waals surface area (Å²) in [6.45, 7) is 0. The lowest BCUT2D eigenvalue weighted by molar-refractivity contribution is -0.119. The van der Waals surface area contributed by atoms with E-state index in [0.717, 1.165) is 12.8 Å². The van der Waals surface area contributed by atoms with Crippen molar-refractivity contribution in [2.45, 2.75) is 12.8 Å². The molecule has 1 aliphatic rings. The van der Waals surface area contributed by atoms with E-state index >= 15 is 0 Å². The van der Waals surface area contributed by atoms with Crippen LogP contribution in [0.3, 0.4) is 0 Å². The van der Waals surface area contributed by atoms with Crippen LogP contribution in [0.15, 0.2) is 28.8 Å². The predicted octanol–water partition coefficient (Wildman–Crippen LogP) is 3.71. The standard InChI is InChI=1S/C12H11BrClNO2/c13-8-5-9(14)11(10(16)6-8)15-12(17)7-3-1-2-4-7/h1-2,5-7,16H,3-4H2,(H,15,17). The van der Waals surface area contributed by atoms with Crippen molar-refractivity contribution in [3.05, 3.63) is 33.8 Å². The summed E-state index contributed by atoms with van der Waals surface area (Å²) in [5.41, 5.74) is 0.270. The number of allylic oxidation sites excluding steroid dienone is 2. The number of benzene rings is 1. The number of phenols is 1. The molecule has 0 fully saturated rings. The van der Waals surface area contributed by atoms with Gasteiger partial charge in [-0.2, -0.15) is 0 Å². The molecular weight excluding hydrogens is 305 g/mol. The highest BCUT2D eigenvalue weighted by atomic mass is 79.9. The maximum absolute atomic E-state index is 11.9. The van der Waals surface area contributed by atoms with Gasteiger partial charge in [-0.25, -0.2) is 0 Å². The van der Waals surface area contributed by atoms with Gasteiger partial charge in [0.1, 0.15) is 11.4 Å². The van der Waals surface area contributed by atoms with Crippen molar-refractivity contribution in [2.75, 3.05) is 5.32 Å². The highest BCUT2D eigenvalue weighted by Gasteiger charge is 2.21. The third-order valence-electron chi connectivity index (χ3n) is 2.66. The Kier molecular flexibility index (Phi) is 3.74. The van der Waals surface area contributed by atoms with Gasteiger partial charge in [-0.3, -0.25) is 4.79 Å². The Morgan fingerprint density at radius 2 is 2.06 bits per heavy atom. The van der Waals surface area contributed by atoms with Crippen LogP contribution in [-0.4, -0.2) is 11.0 Å². The maximum Gasteiger partial charge on any atom is 0.228 e. The highest BCUT2D eigenvalue weighted by Crippen LogP contribution is 2.35. The van der Waals surface area contributed by atoms with Crippen LogP contribution in [-0.2, 0) is 4.79 Å². The van der Waals surface area contributed by atoms with Gasteiger partial charge >= 0.3 is 0 Å². The van der Waals surface area contributed by atoms with Gasteiger partial charge in [0.15, 0.2) is 0 Å². The van der Waals surface area contributed by atoms with E-state index < -0.39 is 0 Å². The molecule has 5 heteroatoms. The van der Waals surface area contributed by atoms with E-state index in [1.54, 1.807) is 6.07 Å². The molecule has 0 bridgehead atoms. The zero-order chi connectivity index (χ0) is 12.4. The maximum atomic E-state index is 11.9. The Hall–Kier alpha value is -1.00. The molecule has 1 aliphatic carbocycles. The minimum absolute atomic E-state index is 0.0383. The van der Waals surface area contributed by atoms with Crippen LogP contribution >= 0.6 is 27.5 Å². The molecule has 2 rings (SSSR count). The molecule has 17 heavy (non-hydrogen) atoms. The Balaban J connectivity index is 2.15. The molecule has 0 atom stereocenters. The number of hydrogen-bond acceptors (Lipinski definition) is 2. The van der Waals surface area contributed by atoms with E-state index in [2.05, 4.69) is 21.2 Å². The van der Waals surface area contributed by atoms with Crippen molar-refractivity contribution >= 4 is 39.1 Å². The Morgan fingerprint density at radius 3 is 2.65 bits per heavy atom. The molecule has 90 valence electrons. The summed E-state index contributed by atoms with van der Waals surface area (Å²) in [4.78, 5) is 11.9. The second-order valence-corrected chi connectivity index (χ2v) is 5.23. The summed E-state index contributed by atoms with van der Waals surface area (Å²) in [6.07, 6.45) is 5.43. The van der Waals surface area contributed by atoms with Crippen LogP contribution < -0.4 is 5.32 Å². The monoisotopic (exact) mass is 315 g/mol. The zero-order valence-electron chi connectivity index (χ0n) is 8.91. The van der Waals surface area contributed by atoms with E-state index in [1.807, 2.05) is 12.2 Å². The second kappa shape index (κ2) is 5.10. The molecule has 1 amide bonds. The summed E-state index contributed by atoms with van der Waals surface area (Å²) in [6, 6.07) is 3.12. The number of hydrogen-bond donors (Lipinski definition) is 2. The minimum Gasteiger partial charge on any atom is -0.506 e. The molecule has 0 unspecified atom stereocenters. The first-order chi connectivity index (χ1) is 8.08. The molecule has 1 aromatic carbocycles. The van der Waals surface area contributed by atoms with Crippen LogP contribution in [0.5, 0.6) is 5.75 Å². The lowest BCUT2D eigenvalue weighted by atomic mass is 10.1. The fourth-order valence-electron chi connectivity index (χ4n) is 1.74. The molecule has 1 aromatic rings. The third-order valence-corrected chi connectivity index (χ3v) is 3.42. The number of rotatable bonds is 2. The summed E-state index contributed by atoms with van der Waals surface area (Å²) in [7, 11) is 0. The van der Waals surface area contributed by atoms with E-state index in [0.29, 0.717) is 9.50 Å². The SMILES string of the molecule is O=C(Nc1c(O)cc(Br)cc1Cl)C1CC=CC1. The fraction of sp³-hybridized carbons (Fsp3) is 0.250. The quantitative estimate of drug-likeness (QED) is 0.645. The summed E-state index contributed by atoms with van der Waals surface area (Å²) in [5, 5.41) is 12.7. The molecular formula is C12H11BrClNO2. The van der Waals surface area contributed by atoms with Gasteiger partial charge in [0.2, 0.25) is 5.91 Å². The average Bonchev–Trinajstić information content (AvgIpc) is 2.76. The number of amides is 1. The molecule has 0 saturated heterocycles. The Labute approximate surface area is 113 Å². The second-order valence-electron chi connectivity index (χ2n) is 3.91. The van der Waals surface area contributed by atoms with Crippen molar-refractivity contribution in [3.63, 3.8) is 0 Å². The van der Waals surface area contributed by atoms with Crippen molar-refractivity contribution in [2.24, 2.45) is 5.92 Å². The molecule has 3 nitrogen and oxygen atoms in total. The summed E-state index contributed by atoms with van der Waals surface area (Å²) < 4.78 is 0.667. The van der Waals surface area contributed by atoms with Gasteiger partial charge < -0.3 is 10.4 Å². The highest BCUT2D eigenvalue weighted by molar-refractivity contribution is 9.10. The fourth-order valence-corrected chi connectivity index (χ4v) is 2.58. The van der Waals surface area contributed by atoms with Crippen LogP contribution in [0.4, 0.5) is 5.69 Å². The number of halogens is 2. The van der Waals surface area contributed by atoms with Crippen molar-refractivity contribution in [1.29, 1.82) is 0 Å². The van der Waals surface area contributed by atoms with Crippen LogP contribution in [0, 0.1) is 5.92 Å². The topological polar surface area (TPSA) is 49.3 Å². The van der Waals surface area contributed by atoms with Crippen molar-refractivity contribution < 1.29 is 9.90 Å². The number of anilines is 1. The first-order valence-corrected chi connectivity index (χ1v) is 6.39. The number of nitrogens with one attached hydrogen (secondary N) is 1. The average molecular weight is 317 g/mol. The molecule has 0 aromatic heterocycles. The van der Waals surface area contributed by atoms with Gasteiger partial charge in [0, 0.05) is 10.4 Å². The van der Waals surface area contributed by atoms with Gasteiger partial charge in [-0.15, -0.1) is 0 Å². The molecule has 2 N–H and O–H groups in total. The number of carbonyl (C=O) groups is 1. The largest absolute Gasteiger partial charge is 0.506 e. The van der Waals surface area contributed by atoms with Crippen LogP contribution in [0.1, 0.15) is 12.8 Å². The normalized spacial score (nSPS) is 15.2. The van der Waals surface area contributed by atoms with Gasteiger partial charge in [-0.1, -0.05) is 39.7 Å². The smallest absolute Gasteiger partial charge is 0.228 e. The van der Waals surface area contributed by atoms with Gasteiger partial charge in [0.25, 0.3) is 0 Å². The van der Waals surface area contributed by atoms with Crippen LogP contribution in [0.25, 0.3) is 0 Å². The lowest BCUT2D eigenvalue weighted by Gasteiger charge is -2.13. The molecule has 0 radical (unpaired) electrons. The summed E-state index contributed by atoms with van der Waals surface area (Å²) in [5.74, 6) is -0.215. The Bertz CT molecular complexity index is 456. The first-order valence-electron chi connectivity index (χ1n) is 5.22. The van der Waals surface area contributed by atoms with E-state index in [-0.39, 0.29) is 23.3 Å². The molecule has 0 saturated carbocycles. The molecule has 0 heterocycles. The van der Waals surface area contributed by atoms with Crippen molar-refractivity contribution in [1.82, 2.24) is 0 Å². The Morgan fingerprint density at radius 1 is 1.41 bits per heavy atom. The predicted molar refractivity (Wildman–Crippen MR) is 71.3 cm³/mol. The van der Waals surface area contributed by atoms with E-state index in [4.69, 9.17) is 11.6 Å². The van der Waals surface area contributed by atoms with Crippen molar-refractivity contribution in [3.8, 4) is 5.75 Å². The number of phenolic OH excluding ortho intramolecular Hbond substituents is 1. The number of aromatic hydroxyl groups is 1. The summed E-state index contributed by atoms with van der Waals surface area (Å²) >= 11 is 9.18. The van der Waals surface area contributed by atoms with Gasteiger partial charge in [0.05, 0.1) is 5.02 Å². The minimum atomic E-state index is -0.116. The van der Waals surface area contributed by atoms with Gasteiger partial charge in [-0.05, 0) is 25.0 Å². The van der Waals surface area contributed by atoms with Crippen LogP contribution in [0.2, 0.25) is 5.02 Å². The van der Waals surface area contributed by atoms with E-state index in [9.17, 15) is 9.90 Å². The molecule has 0 aliphatic heterocycles.